The molecule has 0 unspecified atom stereocenters. The molecule has 2 aliphatic rings. The lowest BCUT2D eigenvalue weighted by Crippen LogP contribution is -2.41. The van der Waals surface area contributed by atoms with Gasteiger partial charge in [0, 0.05) is 36.1 Å². The minimum absolute atomic E-state index is 0.0109. The highest BCUT2D eigenvalue weighted by Crippen LogP contribution is 2.65. The van der Waals surface area contributed by atoms with Gasteiger partial charge >= 0.3 is 0 Å². The summed E-state index contributed by atoms with van der Waals surface area (Å²) in [7, 11) is 0. The molecule has 4 rings (SSSR count). The van der Waals surface area contributed by atoms with Gasteiger partial charge < -0.3 is 15.8 Å². The van der Waals surface area contributed by atoms with E-state index in [0.717, 1.165) is 6.07 Å². The molecule has 1 fully saturated rings. The third-order valence-electron chi connectivity index (χ3n) is 6.21. The monoisotopic (exact) mass is 499 g/mol. The first-order valence-electron chi connectivity index (χ1n) is 10.8. The highest BCUT2D eigenvalue weighted by molar-refractivity contribution is 8.15. The predicted molar refractivity (Wildman–Crippen MR) is 127 cm³/mol. The summed E-state index contributed by atoms with van der Waals surface area (Å²) in [5.74, 6) is -0.469. The van der Waals surface area contributed by atoms with Crippen molar-refractivity contribution in [2.24, 2.45) is 16.6 Å². The molecule has 1 saturated carbocycles. The van der Waals surface area contributed by atoms with Crippen LogP contribution in [0.15, 0.2) is 29.5 Å². The molecule has 2 aromatic rings. The van der Waals surface area contributed by atoms with E-state index in [1.807, 2.05) is 0 Å². The van der Waals surface area contributed by atoms with Crippen LogP contribution in [0, 0.1) is 29.9 Å². The van der Waals surface area contributed by atoms with Crippen molar-refractivity contribution in [1.29, 1.82) is 0 Å². The second-order valence-electron chi connectivity index (χ2n) is 8.70. The average molecular weight is 500 g/mol. The zero-order chi connectivity index (χ0) is 25.4. The number of rotatable bonds is 8. The molecule has 35 heavy (non-hydrogen) atoms. The first-order chi connectivity index (χ1) is 16.6. The quantitative estimate of drug-likeness (QED) is 0.423. The number of hydrogen-bond donors (Lipinski definition) is 2. The highest BCUT2D eigenvalue weighted by atomic mass is 32.2. The molecule has 0 bridgehead atoms. The minimum atomic E-state index is -1.16. The van der Waals surface area contributed by atoms with E-state index < -0.39 is 27.7 Å². The number of aromatic nitrogens is 2. The summed E-state index contributed by atoms with van der Waals surface area (Å²) in [5.41, 5.74) is 5.24. The Hall–Kier alpha value is -3.52. The summed E-state index contributed by atoms with van der Waals surface area (Å²) < 4.78 is 34.5. The van der Waals surface area contributed by atoms with Crippen LogP contribution < -0.4 is 15.8 Å². The van der Waals surface area contributed by atoms with Gasteiger partial charge in [-0.15, -0.1) is 6.42 Å². The van der Waals surface area contributed by atoms with Crippen molar-refractivity contribution >= 4 is 28.6 Å². The molecule has 11 heteroatoms. The Kier molecular flexibility index (Phi) is 6.51. The molecule has 0 radical (unpaired) electrons. The van der Waals surface area contributed by atoms with Crippen molar-refractivity contribution in [2.75, 3.05) is 13.2 Å². The molecule has 3 N–H and O–H groups in total. The van der Waals surface area contributed by atoms with E-state index in [1.165, 1.54) is 37.1 Å². The SMILES string of the molecule is C#CCOc1cnc(C(=O)Cc2cc(F)c(F)c([C@@]3(C)N=C(N)S[C@@]4(CNC(C)=O)C[C@H]43)c2)cn1. The fourth-order valence-corrected chi connectivity index (χ4v) is 5.86. The van der Waals surface area contributed by atoms with Crippen LogP contribution in [-0.2, 0) is 16.8 Å². The lowest BCUT2D eigenvalue weighted by Gasteiger charge is -2.34. The largest absolute Gasteiger partial charge is 0.463 e. The molecule has 3 atom stereocenters. The van der Waals surface area contributed by atoms with Crippen LogP contribution in [0.25, 0.3) is 0 Å². The molecule has 1 aromatic heterocycles. The molecule has 182 valence electrons. The Bertz CT molecular complexity index is 1260. The number of fused-ring (bicyclic) bond motifs is 1. The van der Waals surface area contributed by atoms with Gasteiger partial charge in [-0.3, -0.25) is 14.6 Å². The van der Waals surface area contributed by atoms with Crippen LogP contribution >= 0.6 is 11.8 Å². The van der Waals surface area contributed by atoms with Crippen LogP contribution in [0.1, 0.15) is 41.9 Å². The Morgan fingerprint density at radius 3 is 2.77 bits per heavy atom. The van der Waals surface area contributed by atoms with E-state index in [1.54, 1.807) is 6.92 Å². The third kappa shape index (κ3) is 4.84. The van der Waals surface area contributed by atoms with Gasteiger partial charge in [-0.2, -0.15) is 0 Å². The number of hydrogen-bond acceptors (Lipinski definition) is 8. The van der Waals surface area contributed by atoms with Crippen molar-refractivity contribution in [3.05, 3.63) is 53.0 Å². The topological polar surface area (TPSA) is 120 Å². The van der Waals surface area contributed by atoms with E-state index in [2.05, 4.69) is 26.2 Å². The fourth-order valence-electron chi connectivity index (χ4n) is 4.44. The number of halogens is 2. The van der Waals surface area contributed by atoms with Gasteiger partial charge in [-0.1, -0.05) is 17.7 Å². The second kappa shape index (κ2) is 9.26. The summed E-state index contributed by atoms with van der Waals surface area (Å²) in [4.78, 5) is 36.7. The fraction of sp³-hybridized carbons (Fsp3) is 0.375. The number of Topliss-reactive ketones (excluding diaryl/α,β-unsaturated/α-hetero) is 1. The van der Waals surface area contributed by atoms with E-state index in [0.29, 0.717) is 13.0 Å². The van der Waals surface area contributed by atoms with Gasteiger partial charge in [-0.25, -0.2) is 18.7 Å². The molecule has 8 nitrogen and oxygen atoms in total. The maximum Gasteiger partial charge on any atom is 0.233 e. The van der Waals surface area contributed by atoms with Crippen LogP contribution in [0.5, 0.6) is 5.88 Å². The Morgan fingerprint density at radius 1 is 1.34 bits per heavy atom. The summed E-state index contributed by atoms with van der Waals surface area (Å²) in [6.45, 7) is 3.46. The number of ketones is 1. The minimum Gasteiger partial charge on any atom is -0.463 e. The number of amidine groups is 1. The molecule has 1 amide bonds. The number of nitrogens with zero attached hydrogens (tertiary/aromatic N) is 3. The smallest absolute Gasteiger partial charge is 0.233 e. The standard InChI is InChI=1S/C24H23F2N5O3S/c1-4-5-34-20-11-28-17(10-29-20)18(33)8-14-6-15(21(26)16(25)7-14)23(3)19-9-24(19,12-30-13(2)32)35-22(27)31-23/h1,6-7,10-11,19H,5,8-9,12H2,2-3H3,(H2,27,31)(H,30,32)/t19-,23+,24+/m0/s1. The molecule has 1 aliphatic carbocycles. The highest BCUT2D eigenvalue weighted by Gasteiger charge is 2.66. The molecule has 1 aliphatic heterocycles. The Balaban J connectivity index is 1.60. The average Bonchev–Trinajstić information content (AvgIpc) is 3.54. The molecule has 2 heterocycles. The van der Waals surface area contributed by atoms with Crippen molar-refractivity contribution < 1.29 is 23.1 Å². The molecule has 0 spiro atoms. The third-order valence-corrected chi connectivity index (χ3v) is 7.51. The van der Waals surface area contributed by atoms with E-state index in [-0.39, 0.29) is 52.7 Å². The molecule has 1 aromatic carbocycles. The first kappa shape index (κ1) is 24.6. The van der Waals surface area contributed by atoms with Crippen LogP contribution in [0.4, 0.5) is 8.78 Å². The zero-order valence-electron chi connectivity index (χ0n) is 19.1. The molecule has 0 saturated heterocycles. The van der Waals surface area contributed by atoms with Crippen LogP contribution in [0.2, 0.25) is 0 Å². The maximum absolute atomic E-state index is 15.1. The van der Waals surface area contributed by atoms with Gasteiger partial charge in [0.2, 0.25) is 11.8 Å². The number of thioether (sulfide) groups is 1. The number of carbonyl (C=O) groups excluding carboxylic acids is 2. The summed E-state index contributed by atoms with van der Waals surface area (Å²) in [6, 6.07) is 2.43. The number of terminal acetylenes is 1. The van der Waals surface area contributed by atoms with Gasteiger partial charge in [0.25, 0.3) is 0 Å². The van der Waals surface area contributed by atoms with Gasteiger partial charge in [-0.05, 0) is 31.0 Å². The van der Waals surface area contributed by atoms with Crippen molar-refractivity contribution in [1.82, 2.24) is 15.3 Å². The summed E-state index contributed by atoms with van der Waals surface area (Å²) in [6.07, 6.45) is 8.02. The van der Waals surface area contributed by atoms with Gasteiger partial charge in [0.05, 0.1) is 17.9 Å². The van der Waals surface area contributed by atoms with Gasteiger partial charge in [0.1, 0.15) is 5.69 Å². The van der Waals surface area contributed by atoms with E-state index >= 15 is 4.39 Å². The number of benzene rings is 1. The summed E-state index contributed by atoms with van der Waals surface area (Å²) >= 11 is 1.34. The number of nitrogens with one attached hydrogen (secondary N) is 1. The molecular formula is C24H23F2N5O3S. The van der Waals surface area contributed by atoms with Crippen molar-refractivity contribution in [3.63, 3.8) is 0 Å². The number of carbonyl (C=O) groups is 2. The van der Waals surface area contributed by atoms with E-state index in [4.69, 9.17) is 16.9 Å². The maximum atomic E-state index is 15.1. The normalized spacial score (nSPS) is 24.5. The van der Waals surface area contributed by atoms with Crippen LogP contribution in [0.3, 0.4) is 0 Å². The second-order valence-corrected chi connectivity index (χ2v) is 10.1. The van der Waals surface area contributed by atoms with Gasteiger partial charge in [0.15, 0.2) is 29.2 Å². The predicted octanol–water partition coefficient (Wildman–Crippen LogP) is 2.36. The van der Waals surface area contributed by atoms with Crippen molar-refractivity contribution in [3.8, 4) is 18.2 Å². The number of ether oxygens (including phenoxy) is 1. The Labute approximate surface area is 205 Å². The van der Waals surface area contributed by atoms with Crippen molar-refractivity contribution in [2.45, 2.75) is 37.0 Å². The summed E-state index contributed by atoms with van der Waals surface area (Å²) in [5, 5.41) is 3.02. The zero-order valence-corrected chi connectivity index (χ0v) is 19.9. The Morgan fingerprint density at radius 2 is 2.11 bits per heavy atom. The molecular weight excluding hydrogens is 476 g/mol. The van der Waals surface area contributed by atoms with E-state index in [9.17, 15) is 14.0 Å². The lowest BCUT2D eigenvalue weighted by atomic mass is 9.84. The number of amides is 1. The lowest BCUT2D eigenvalue weighted by molar-refractivity contribution is -0.119. The number of nitrogens with two attached hydrogens (primary N) is 1. The number of aliphatic imine (C=N–C) groups is 1. The first-order valence-corrected chi connectivity index (χ1v) is 11.6. The van der Waals surface area contributed by atoms with Crippen LogP contribution in [-0.4, -0.2) is 44.7 Å².